The number of hydrogen-bond acceptors (Lipinski definition) is 1. The Hall–Kier alpha value is -4.47. The molecule has 0 aliphatic heterocycles. The molecule has 39 heavy (non-hydrogen) atoms. The molecule has 5 aromatic carbocycles. The van der Waals surface area contributed by atoms with Crippen LogP contribution in [0, 0.1) is 6.92 Å². The van der Waals surface area contributed by atoms with E-state index in [9.17, 15) is 0 Å². The summed E-state index contributed by atoms with van der Waals surface area (Å²) in [6.45, 7) is 4.34. The van der Waals surface area contributed by atoms with Crippen LogP contribution in [0.1, 0.15) is 5.56 Å². The third-order valence-electron chi connectivity index (χ3n) is 7.90. The van der Waals surface area contributed by atoms with Crippen LogP contribution in [0.3, 0.4) is 0 Å². The first-order valence-electron chi connectivity index (χ1n) is 13.4. The molecule has 0 spiro atoms. The third kappa shape index (κ3) is 3.51. The molecule has 0 unspecified atom stereocenters. The number of nitrogens with zero attached hydrogens (tertiary/aromatic N) is 1. The van der Waals surface area contributed by atoms with Crippen LogP contribution in [0.15, 0.2) is 127 Å². The van der Waals surface area contributed by atoms with E-state index in [1.165, 1.54) is 75.5 Å². The molecule has 0 fully saturated rings. The summed E-state index contributed by atoms with van der Waals surface area (Å²) in [5, 5.41) is 5.20. The molecule has 0 saturated heterocycles. The van der Waals surface area contributed by atoms with Crippen molar-refractivity contribution in [3.05, 3.63) is 133 Å². The number of rotatable bonds is 3. The number of benzene rings is 5. The van der Waals surface area contributed by atoms with Crippen molar-refractivity contribution in [3.8, 4) is 27.9 Å². The second-order valence-electron chi connectivity index (χ2n) is 10.2. The number of thiophene rings is 1. The van der Waals surface area contributed by atoms with Crippen LogP contribution in [0.5, 0.6) is 0 Å². The van der Waals surface area contributed by atoms with Crippen molar-refractivity contribution in [1.29, 1.82) is 0 Å². The Morgan fingerprint density at radius 2 is 1.23 bits per heavy atom. The molecule has 3 aromatic heterocycles. The zero-order valence-electron chi connectivity index (χ0n) is 21.6. The topological polar surface area (TPSA) is 4.93 Å². The molecular weight excluding hydrogens is 489 g/mol. The summed E-state index contributed by atoms with van der Waals surface area (Å²) < 4.78 is 5.12. The Kier molecular flexibility index (Phi) is 5.08. The van der Waals surface area contributed by atoms with E-state index in [1.807, 2.05) is 11.3 Å². The van der Waals surface area contributed by atoms with Gasteiger partial charge < -0.3 is 0 Å². The van der Waals surface area contributed by atoms with Crippen molar-refractivity contribution in [2.45, 2.75) is 6.92 Å². The standard InChI is InChI=1S/C36H24BNS/c1-23-14-16-24(17-15-23)26-8-2-3-9-27(26)25-18-19-29-28-10-4-6-12-31(28)38(32(29)20-25)33-21-37-22-35-36(33)30-11-5-7-13-34(30)39-35/h2-22H,1H3. The third-order valence-corrected chi connectivity index (χ3v) is 9.03. The molecule has 182 valence electrons. The first kappa shape index (κ1) is 22.5. The van der Waals surface area contributed by atoms with Crippen LogP contribution in [0.4, 0.5) is 0 Å². The zero-order chi connectivity index (χ0) is 25.9. The van der Waals surface area contributed by atoms with E-state index in [4.69, 9.17) is 0 Å². The molecule has 0 aliphatic carbocycles. The second-order valence-corrected chi connectivity index (χ2v) is 11.3. The molecule has 0 aliphatic rings. The van der Waals surface area contributed by atoms with Gasteiger partial charge in [0.05, 0.1) is 0 Å². The van der Waals surface area contributed by atoms with Crippen molar-refractivity contribution in [3.63, 3.8) is 0 Å². The Labute approximate surface area is 231 Å². The van der Waals surface area contributed by atoms with Crippen LogP contribution in [-0.4, -0.2) is 11.5 Å². The summed E-state index contributed by atoms with van der Waals surface area (Å²) in [5.41, 5.74) is 9.95. The molecule has 8 rings (SSSR count). The van der Waals surface area contributed by atoms with Crippen LogP contribution in [-0.2, 0) is 0 Å². The van der Waals surface area contributed by atoms with Gasteiger partial charge in [0.15, 0.2) is 0 Å². The van der Waals surface area contributed by atoms with Gasteiger partial charge in [0.25, 0.3) is 0 Å². The molecular formula is C36H24BNS. The van der Waals surface area contributed by atoms with E-state index < -0.39 is 0 Å². The molecule has 0 N–H and O–H groups in total. The van der Waals surface area contributed by atoms with Gasteiger partial charge in [-0.25, -0.2) is 0 Å². The zero-order valence-corrected chi connectivity index (χ0v) is 22.4. The fraction of sp³-hybridized carbons (Fsp3) is 0.0278. The van der Waals surface area contributed by atoms with E-state index in [1.54, 1.807) is 0 Å². The average Bonchev–Trinajstić information content (AvgIpc) is 3.53. The Morgan fingerprint density at radius 3 is 2.08 bits per heavy atom. The molecule has 1 nitrogen and oxygen atoms in total. The summed E-state index contributed by atoms with van der Waals surface area (Å²) in [7, 11) is 0. The molecule has 3 heterocycles. The predicted octanol–water partition coefficient (Wildman–Crippen LogP) is 10.1. The molecule has 0 radical (unpaired) electrons. The van der Waals surface area contributed by atoms with Crippen molar-refractivity contribution < 1.29 is 0 Å². The normalized spacial score (nSPS) is 11.6. The van der Waals surface area contributed by atoms with Gasteiger partial charge in [-0.3, -0.25) is 0 Å². The van der Waals surface area contributed by atoms with E-state index in [0.717, 1.165) is 0 Å². The van der Waals surface area contributed by atoms with Crippen LogP contribution in [0.2, 0.25) is 0 Å². The number of aryl methyl sites for hydroxylation is 1. The summed E-state index contributed by atoms with van der Waals surface area (Å²) >= 11 is 1.87. The van der Waals surface area contributed by atoms with E-state index >= 15 is 0 Å². The first-order valence-corrected chi connectivity index (χ1v) is 14.2. The quantitative estimate of drug-likeness (QED) is 0.222. The van der Waals surface area contributed by atoms with Gasteiger partial charge in [-0.05, 0) is 6.92 Å². The summed E-state index contributed by atoms with van der Waals surface area (Å²) in [5.74, 6) is 4.53. The summed E-state index contributed by atoms with van der Waals surface area (Å²) in [4.78, 5) is 0. The van der Waals surface area contributed by atoms with Gasteiger partial charge in [0.2, 0.25) is 0 Å². The summed E-state index contributed by atoms with van der Waals surface area (Å²) in [6, 6.07) is 42.2. The fourth-order valence-electron chi connectivity index (χ4n) is 6.06. The van der Waals surface area contributed by atoms with Crippen LogP contribution < -0.4 is 0 Å². The van der Waals surface area contributed by atoms with E-state index in [-0.39, 0.29) is 0 Å². The molecule has 0 amide bonds. The number of fused-ring (bicyclic) bond motifs is 6. The van der Waals surface area contributed by atoms with Gasteiger partial charge >= 0.3 is 225 Å². The average molecular weight is 513 g/mol. The Morgan fingerprint density at radius 1 is 0.564 bits per heavy atom. The monoisotopic (exact) mass is 513 g/mol. The minimum atomic E-state index is 1.23. The summed E-state index contributed by atoms with van der Waals surface area (Å²) in [6.07, 6.45) is 0. The van der Waals surface area contributed by atoms with Crippen molar-refractivity contribution in [2.75, 3.05) is 0 Å². The molecule has 8 aromatic rings. The predicted molar refractivity (Wildman–Crippen MR) is 171 cm³/mol. The SMILES string of the molecule is Cc1ccc(-c2ccccc2-c2ccc3c4ccccc4n(-c4cbcc5sc6ccccc6c45)c3c2)cc1. The molecule has 0 saturated carbocycles. The minimum absolute atomic E-state index is 1.23. The molecule has 0 bridgehead atoms. The van der Waals surface area contributed by atoms with Gasteiger partial charge in [-0.15, -0.1) is 0 Å². The Balaban J connectivity index is 1.44. The van der Waals surface area contributed by atoms with Crippen LogP contribution in [0.25, 0.3) is 69.9 Å². The first-order chi connectivity index (χ1) is 19.3. The number of para-hydroxylation sites is 1. The van der Waals surface area contributed by atoms with Crippen molar-refractivity contribution >= 4 is 60.2 Å². The van der Waals surface area contributed by atoms with Gasteiger partial charge in [-0.1, -0.05) is 0 Å². The van der Waals surface area contributed by atoms with Gasteiger partial charge in [0, 0.05) is 0 Å². The van der Waals surface area contributed by atoms with Gasteiger partial charge in [-0.2, -0.15) is 0 Å². The second kappa shape index (κ2) is 8.79. The van der Waals surface area contributed by atoms with Crippen LogP contribution >= 0.6 is 11.3 Å². The van der Waals surface area contributed by atoms with Gasteiger partial charge in [0.1, 0.15) is 0 Å². The number of hydrogen-bond donors (Lipinski definition) is 0. The van der Waals surface area contributed by atoms with E-state index in [2.05, 4.69) is 146 Å². The van der Waals surface area contributed by atoms with Crippen molar-refractivity contribution in [2.24, 2.45) is 0 Å². The maximum absolute atomic E-state index is 2.48. The Bertz CT molecular complexity index is 2180. The molecule has 3 heteroatoms. The molecule has 0 atom stereocenters. The maximum atomic E-state index is 2.48. The number of aromatic nitrogens is 1. The van der Waals surface area contributed by atoms with E-state index in [0.29, 0.717) is 0 Å². The van der Waals surface area contributed by atoms with Crippen molar-refractivity contribution in [1.82, 2.24) is 4.57 Å². The fourth-order valence-corrected chi connectivity index (χ4v) is 7.19.